The zero-order chi connectivity index (χ0) is 18.1. The van der Waals surface area contributed by atoms with Crippen molar-refractivity contribution in [2.45, 2.75) is 71.1 Å². The van der Waals surface area contributed by atoms with E-state index in [1.165, 1.54) is 52.0 Å². The quantitative estimate of drug-likeness (QED) is 0.170. The van der Waals surface area contributed by atoms with Crippen molar-refractivity contribution < 1.29 is 49.4 Å². The number of unbranched alkanes of at least 4 members (excludes halogenated alkanes) is 8. The standard InChI is InChI=1S/C12H24O2.C4H9N3O2.Na/c1-2-3-4-5-6-7-8-9-10-11-12(13)14;1-7(4(5)6)2-3(8)9;/h2-11H2,1H3,(H,13,14);2H2,1H3,(H3,5,6)(H,8,9);/q;;+1/p-1. The molecule has 0 saturated heterocycles. The molecule has 0 fully saturated rings. The molecule has 0 aromatic heterocycles. The van der Waals surface area contributed by atoms with Crippen LogP contribution in [0.2, 0.25) is 0 Å². The molecule has 136 valence electrons. The molecule has 7 nitrogen and oxygen atoms in total. The van der Waals surface area contributed by atoms with E-state index in [2.05, 4.69) is 6.92 Å². The zero-order valence-electron chi connectivity index (χ0n) is 15.5. The van der Waals surface area contributed by atoms with Crippen molar-refractivity contribution >= 4 is 17.9 Å². The Morgan fingerprint density at radius 3 is 1.75 bits per heavy atom. The normalized spacial score (nSPS) is 9.25. The van der Waals surface area contributed by atoms with Crippen LogP contribution < -0.4 is 40.4 Å². The van der Waals surface area contributed by atoms with E-state index in [1.54, 1.807) is 0 Å². The predicted octanol–water partition coefficient (Wildman–Crippen LogP) is -1.44. The minimum absolute atomic E-state index is 0. The van der Waals surface area contributed by atoms with E-state index >= 15 is 0 Å². The van der Waals surface area contributed by atoms with E-state index in [0.29, 0.717) is 0 Å². The van der Waals surface area contributed by atoms with Gasteiger partial charge in [-0.25, -0.2) is 0 Å². The number of carbonyl (C=O) groups is 2. The molecule has 0 atom stereocenters. The summed E-state index contributed by atoms with van der Waals surface area (Å²) in [4.78, 5) is 21.1. The first-order chi connectivity index (χ1) is 10.8. The van der Waals surface area contributed by atoms with Crippen molar-refractivity contribution in [3.63, 3.8) is 0 Å². The Kier molecular flexibility index (Phi) is 23.7. The molecular weight excluding hydrogens is 321 g/mol. The number of nitrogens with two attached hydrogens (primary N) is 1. The molecule has 0 radical (unpaired) electrons. The van der Waals surface area contributed by atoms with Crippen molar-refractivity contribution in [2.75, 3.05) is 13.6 Å². The molecule has 0 amide bonds. The minimum Gasteiger partial charge on any atom is -0.550 e. The molecule has 0 saturated carbocycles. The molecule has 24 heavy (non-hydrogen) atoms. The van der Waals surface area contributed by atoms with Gasteiger partial charge in [-0.2, -0.15) is 0 Å². The van der Waals surface area contributed by atoms with Gasteiger partial charge in [-0.3, -0.25) is 10.2 Å². The van der Waals surface area contributed by atoms with Crippen LogP contribution in [0.3, 0.4) is 0 Å². The van der Waals surface area contributed by atoms with Gasteiger partial charge in [0.15, 0.2) is 5.96 Å². The topological polar surface area (TPSA) is 131 Å². The van der Waals surface area contributed by atoms with E-state index in [4.69, 9.17) is 16.2 Å². The summed E-state index contributed by atoms with van der Waals surface area (Å²) < 4.78 is 0. The molecule has 0 spiro atoms. The Bertz CT molecular complexity index is 341. The van der Waals surface area contributed by atoms with Crippen LogP contribution in [0.5, 0.6) is 0 Å². The fourth-order valence-electron chi connectivity index (χ4n) is 1.87. The molecule has 0 aliphatic heterocycles. The first-order valence-corrected chi connectivity index (χ1v) is 8.28. The van der Waals surface area contributed by atoms with Gasteiger partial charge in [-0.1, -0.05) is 58.3 Å². The molecule has 0 unspecified atom stereocenters. The van der Waals surface area contributed by atoms with E-state index in [-0.39, 0.29) is 48.5 Å². The maximum atomic E-state index is 10.1. The molecular formula is C16H32N3NaO4. The average Bonchev–Trinajstić information content (AvgIpc) is 2.45. The van der Waals surface area contributed by atoms with E-state index < -0.39 is 11.9 Å². The first kappa shape index (κ1) is 28.0. The summed E-state index contributed by atoms with van der Waals surface area (Å²) in [6.07, 6.45) is 11.2. The number of carboxylic acid groups (broad SMARTS) is 2. The van der Waals surface area contributed by atoms with Gasteiger partial charge in [-0.05, 0) is 12.8 Å². The summed E-state index contributed by atoms with van der Waals surface area (Å²) in [5.41, 5.74) is 4.93. The molecule has 0 aliphatic carbocycles. The molecule has 8 heteroatoms. The fraction of sp³-hybridized carbons (Fsp3) is 0.812. The van der Waals surface area contributed by atoms with Crippen molar-refractivity contribution in [1.82, 2.24) is 4.90 Å². The number of aliphatic carboxylic acids is 2. The van der Waals surface area contributed by atoms with Gasteiger partial charge in [0.05, 0.1) is 0 Å². The van der Waals surface area contributed by atoms with Crippen LogP contribution >= 0.6 is 0 Å². The van der Waals surface area contributed by atoms with Gasteiger partial charge in [0, 0.05) is 13.0 Å². The number of rotatable bonds is 12. The Morgan fingerprint density at radius 2 is 1.46 bits per heavy atom. The maximum Gasteiger partial charge on any atom is 1.00 e. The fourth-order valence-corrected chi connectivity index (χ4v) is 1.87. The number of carboxylic acids is 2. The summed E-state index contributed by atoms with van der Waals surface area (Å²) in [5.74, 6) is -2.14. The van der Waals surface area contributed by atoms with E-state index in [9.17, 15) is 14.7 Å². The number of likely N-dealkylation sites (N-methyl/N-ethyl adjacent to an activating group) is 1. The molecule has 0 rings (SSSR count). The third-order valence-corrected chi connectivity index (χ3v) is 3.27. The summed E-state index contributed by atoms with van der Waals surface area (Å²) >= 11 is 0. The molecule has 4 N–H and O–H groups in total. The maximum absolute atomic E-state index is 10.1. The summed E-state index contributed by atoms with van der Waals surface area (Å²) in [5, 5.41) is 25.0. The smallest absolute Gasteiger partial charge is 0.550 e. The third-order valence-electron chi connectivity index (χ3n) is 3.27. The SMILES string of the molecule is CCCCCCCCCCCC(=O)[O-].CN(CC(=O)O)C(=N)N.[Na+]. The van der Waals surface area contributed by atoms with Crippen LogP contribution in [0.25, 0.3) is 0 Å². The van der Waals surface area contributed by atoms with Gasteiger partial charge in [-0.15, -0.1) is 0 Å². The van der Waals surface area contributed by atoms with Crippen molar-refractivity contribution in [2.24, 2.45) is 5.73 Å². The second-order valence-electron chi connectivity index (χ2n) is 5.59. The van der Waals surface area contributed by atoms with E-state index in [0.717, 1.165) is 17.7 Å². The zero-order valence-corrected chi connectivity index (χ0v) is 17.5. The molecule has 0 heterocycles. The van der Waals surface area contributed by atoms with Crippen molar-refractivity contribution in [1.29, 1.82) is 5.41 Å². The first-order valence-electron chi connectivity index (χ1n) is 8.28. The average molecular weight is 353 g/mol. The molecule has 0 aromatic rings. The van der Waals surface area contributed by atoms with Crippen LogP contribution in [-0.2, 0) is 9.59 Å². The van der Waals surface area contributed by atoms with Crippen LogP contribution in [-0.4, -0.2) is 41.5 Å². The Labute approximate surface area is 167 Å². The number of nitrogens with zero attached hydrogens (tertiary/aromatic N) is 1. The van der Waals surface area contributed by atoms with Crippen LogP contribution in [0, 0.1) is 5.41 Å². The van der Waals surface area contributed by atoms with Gasteiger partial charge in [0.2, 0.25) is 0 Å². The molecule has 0 aromatic carbocycles. The summed E-state index contributed by atoms with van der Waals surface area (Å²) in [7, 11) is 1.44. The van der Waals surface area contributed by atoms with Crippen LogP contribution in [0.15, 0.2) is 0 Å². The van der Waals surface area contributed by atoms with E-state index in [1.807, 2.05) is 0 Å². The number of hydrogen-bond donors (Lipinski definition) is 3. The summed E-state index contributed by atoms with van der Waals surface area (Å²) in [6, 6.07) is 0. The Morgan fingerprint density at radius 1 is 1.04 bits per heavy atom. The number of nitrogens with one attached hydrogen (secondary N) is 1. The minimum atomic E-state index is -0.993. The Balaban J connectivity index is -0.000000385. The van der Waals surface area contributed by atoms with Gasteiger partial charge in [0.25, 0.3) is 0 Å². The van der Waals surface area contributed by atoms with Crippen molar-refractivity contribution in [3.05, 3.63) is 0 Å². The molecule has 0 bridgehead atoms. The number of guanidine groups is 1. The largest absolute Gasteiger partial charge is 1.00 e. The third kappa shape index (κ3) is 26.1. The number of carbonyl (C=O) groups excluding carboxylic acids is 1. The van der Waals surface area contributed by atoms with Crippen molar-refractivity contribution in [3.8, 4) is 0 Å². The predicted molar refractivity (Wildman–Crippen MR) is 89.0 cm³/mol. The number of hydrogen-bond acceptors (Lipinski definition) is 4. The summed E-state index contributed by atoms with van der Waals surface area (Å²) in [6.45, 7) is 2.00. The molecule has 0 aliphatic rings. The Hall–Kier alpha value is -0.790. The van der Waals surface area contributed by atoms with Gasteiger partial charge < -0.3 is 25.6 Å². The van der Waals surface area contributed by atoms with Crippen LogP contribution in [0.4, 0.5) is 0 Å². The second-order valence-corrected chi connectivity index (χ2v) is 5.59. The van der Waals surface area contributed by atoms with Crippen LogP contribution in [0.1, 0.15) is 71.1 Å². The van der Waals surface area contributed by atoms with Gasteiger partial charge >= 0.3 is 35.5 Å². The monoisotopic (exact) mass is 353 g/mol. The van der Waals surface area contributed by atoms with Gasteiger partial charge in [0.1, 0.15) is 6.54 Å². The second kappa shape index (κ2) is 20.3.